The molecule has 0 aliphatic heterocycles. The number of nitrogens with zero attached hydrogens (tertiary/aromatic N) is 6. The molecule has 2 aliphatic carbocycles. The maximum atomic E-state index is 8.58. The van der Waals surface area contributed by atoms with Gasteiger partial charge in [-0.15, -0.1) is 0 Å². The fourth-order valence-electron chi connectivity index (χ4n) is 2.88. The Morgan fingerprint density at radius 1 is 0.615 bits per heavy atom. The van der Waals surface area contributed by atoms with Crippen LogP contribution in [0.15, 0.2) is 20.5 Å². The second kappa shape index (κ2) is 11.0. The number of hydrogen-bond acceptors (Lipinski definition) is 6. The summed E-state index contributed by atoms with van der Waals surface area (Å²) in [5, 5.41) is 33.7. The summed E-state index contributed by atoms with van der Waals surface area (Å²) in [7, 11) is 0. The Kier molecular flexibility index (Phi) is 9.41. The number of azo groups is 2. The highest BCUT2D eigenvalue weighted by Crippen LogP contribution is 2.24. The fraction of sp³-hybridized carbons (Fsp3) is 0.900. The summed E-state index contributed by atoms with van der Waals surface area (Å²) < 4.78 is 0. The summed E-state index contributed by atoms with van der Waals surface area (Å²) in [6.07, 6.45) is 13.5. The molecule has 0 radical (unpaired) electrons. The first-order chi connectivity index (χ1) is 12.3. The Balaban J connectivity index is 0.000000265. The van der Waals surface area contributed by atoms with Crippen LogP contribution < -0.4 is 0 Å². The lowest BCUT2D eigenvalue weighted by Crippen LogP contribution is -2.17. The number of nitriles is 2. The van der Waals surface area contributed by atoms with Gasteiger partial charge < -0.3 is 0 Å². The van der Waals surface area contributed by atoms with E-state index in [-0.39, 0.29) is 0 Å². The van der Waals surface area contributed by atoms with E-state index in [9.17, 15) is 0 Å². The van der Waals surface area contributed by atoms with Crippen molar-refractivity contribution >= 4 is 0 Å². The van der Waals surface area contributed by atoms with Crippen LogP contribution in [0.1, 0.15) is 91.9 Å². The average molecular weight is 359 g/mol. The Morgan fingerprint density at radius 2 is 0.923 bits per heavy atom. The molecule has 0 aromatic carbocycles. The van der Waals surface area contributed by atoms with Gasteiger partial charge >= 0.3 is 0 Å². The standard InChI is InChI=1S/C12H22N2.C8H12N4/c1-3-7-11(8-4-1)13-14-12-9-5-2-6-10-12;1-7(2,5-9)11-12-8(3,4)6-10/h11-12H,1-10H2;1-4H3. The zero-order valence-corrected chi connectivity index (χ0v) is 16.9. The van der Waals surface area contributed by atoms with E-state index in [4.69, 9.17) is 10.5 Å². The van der Waals surface area contributed by atoms with Crippen LogP contribution in [0.5, 0.6) is 0 Å². The molecule has 6 heteroatoms. The molecule has 2 fully saturated rings. The van der Waals surface area contributed by atoms with Crippen LogP contribution in [0.3, 0.4) is 0 Å². The Labute approximate surface area is 158 Å². The van der Waals surface area contributed by atoms with Gasteiger partial charge in [0.2, 0.25) is 0 Å². The van der Waals surface area contributed by atoms with Crippen molar-refractivity contribution in [2.75, 3.05) is 0 Å². The molecule has 0 atom stereocenters. The minimum atomic E-state index is -0.839. The molecule has 2 rings (SSSR count). The van der Waals surface area contributed by atoms with Crippen molar-refractivity contribution in [1.29, 1.82) is 10.5 Å². The molecule has 0 amide bonds. The van der Waals surface area contributed by atoms with Crippen LogP contribution in [-0.4, -0.2) is 23.2 Å². The second-order valence-corrected chi connectivity index (χ2v) is 8.36. The minimum Gasteiger partial charge on any atom is -0.196 e. The van der Waals surface area contributed by atoms with Crippen LogP contribution in [-0.2, 0) is 0 Å². The van der Waals surface area contributed by atoms with Crippen LogP contribution >= 0.6 is 0 Å². The van der Waals surface area contributed by atoms with Gasteiger partial charge in [-0.05, 0) is 53.4 Å². The molecule has 26 heavy (non-hydrogen) atoms. The van der Waals surface area contributed by atoms with Crippen molar-refractivity contribution in [3.8, 4) is 12.1 Å². The zero-order chi connectivity index (χ0) is 19.5. The van der Waals surface area contributed by atoms with E-state index in [0.717, 1.165) is 0 Å². The molecule has 0 aromatic rings. The van der Waals surface area contributed by atoms with Gasteiger partial charge in [-0.2, -0.15) is 31.0 Å². The average Bonchev–Trinajstić information content (AvgIpc) is 2.67. The molecule has 2 aliphatic rings. The van der Waals surface area contributed by atoms with Crippen LogP contribution in [0.2, 0.25) is 0 Å². The van der Waals surface area contributed by atoms with Gasteiger partial charge in [-0.3, -0.25) is 0 Å². The van der Waals surface area contributed by atoms with E-state index in [0.29, 0.717) is 12.1 Å². The number of hydrogen-bond donors (Lipinski definition) is 0. The summed E-state index contributed by atoms with van der Waals surface area (Å²) in [6, 6.07) is 5.09. The molecule has 0 aromatic heterocycles. The molecule has 0 bridgehead atoms. The largest absolute Gasteiger partial charge is 0.196 e. The summed E-state index contributed by atoms with van der Waals surface area (Å²) in [6.45, 7) is 6.57. The predicted octanol–water partition coefficient (Wildman–Crippen LogP) is 6.15. The van der Waals surface area contributed by atoms with Crippen LogP contribution in [0.25, 0.3) is 0 Å². The van der Waals surface area contributed by atoms with E-state index >= 15 is 0 Å². The van der Waals surface area contributed by atoms with Gasteiger partial charge in [0.05, 0.1) is 24.2 Å². The lowest BCUT2D eigenvalue weighted by Gasteiger charge is -2.19. The maximum absolute atomic E-state index is 8.58. The Hall–Kier alpha value is -1.82. The third-order valence-corrected chi connectivity index (χ3v) is 4.64. The second-order valence-electron chi connectivity index (χ2n) is 8.36. The highest BCUT2D eigenvalue weighted by Gasteiger charge is 2.19. The number of rotatable bonds is 4. The first kappa shape index (κ1) is 22.2. The van der Waals surface area contributed by atoms with Crippen molar-refractivity contribution in [3.63, 3.8) is 0 Å². The Morgan fingerprint density at radius 3 is 1.19 bits per heavy atom. The van der Waals surface area contributed by atoms with Gasteiger partial charge in [0.15, 0.2) is 11.1 Å². The third-order valence-electron chi connectivity index (χ3n) is 4.64. The Bertz CT molecular complexity index is 490. The molecular weight excluding hydrogens is 324 g/mol. The van der Waals surface area contributed by atoms with Crippen molar-refractivity contribution in [2.24, 2.45) is 20.5 Å². The smallest absolute Gasteiger partial charge is 0.162 e. The lowest BCUT2D eigenvalue weighted by molar-refractivity contribution is 0.390. The van der Waals surface area contributed by atoms with Crippen molar-refractivity contribution < 1.29 is 0 Å². The van der Waals surface area contributed by atoms with Gasteiger partial charge in [-0.25, -0.2) is 0 Å². The third kappa shape index (κ3) is 9.61. The van der Waals surface area contributed by atoms with Gasteiger partial charge in [-0.1, -0.05) is 38.5 Å². The summed E-state index contributed by atoms with van der Waals surface area (Å²) in [5.74, 6) is 0. The fourth-order valence-corrected chi connectivity index (χ4v) is 2.88. The van der Waals surface area contributed by atoms with E-state index in [1.807, 2.05) is 12.1 Å². The minimum absolute atomic E-state index is 0.575. The molecule has 0 N–H and O–H groups in total. The summed E-state index contributed by atoms with van der Waals surface area (Å²) in [5.41, 5.74) is -1.68. The van der Waals surface area contributed by atoms with E-state index in [2.05, 4.69) is 20.5 Å². The molecule has 6 nitrogen and oxygen atoms in total. The molecule has 0 heterocycles. The van der Waals surface area contributed by atoms with Crippen molar-refractivity contribution in [3.05, 3.63) is 0 Å². The van der Waals surface area contributed by atoms with Gasteiger partial charge in [0.25, 0.3) is 0 Å². The molecule has 0 saturated heterocycles. The first-order valence-electron chi connectivity index (χ1n) is 9.94. The van der Waals surface area contributed by atoms with Crippen LogP contribution in [0, 0.1) is 22.7 Å². The van der Waals surface area contributed by atoms with Crippen molar-refractivity contribution in [1.82, 2.24) is 0 Å². The van der Waals surface area contributed by atoms with E-state index in [1.165, 1.54) is 64.2 Å². The predicted molar refractivity (Wildman–Crippen MR) is 103 cm³/mol. The lowest BCUT2D eigenvalue weighted by atomic mass is 9.95. The monoisotopic (exact) mass is 358 g/mol. The highest BCUT2D eigenvalue weighted by molar-refractivity contribution is 5.03. The highest BCUT2D eigenvalue weighted by atomic mass is 15.2. The first-order valence-corrected chi connectivity index (χ1v) is 9.94. The maximum Gasteiger partial charge on any atom is 0.162 e. The normalized spacial score (nSPS) is 20.4. The molecule has 0 spiro atoms. The quantitative estimate of drug-likeness (QED) is 0.563. The zero-order valence-electron chi connectivity index (χ0n) is 16.9. The van der Waals surface area contributed by atoms with E-state index in [1.54, 1.807) is 27.7 Å². The van der Waals surface area contributed by atoms with Gasteiger partial charge in [0.1, 0.15) is 0 Å². The topological polar surface area (TPSA) is 97.0 Å². The van der Waals surface area contributed by atoms with Crippen LogP contribution in [0.4, 0.5) is 0 Å². The van der Waals surface area contributed by atoms with Gasteiger partial charge in [0, 0.05) is 0 Å². The van der Waals surface area contributed by atoms with Crippen molar-refractivity contribution in [2.45, 2.75) is 115 Å². The molecule has 0 unspecified atom stereocenters. The van der Waals surface area contributed by atoms with E-state index < -0.39 is 11.1 Å². The molecule has 2 saturated carbocycles. The SMILES string of the molecule is C1CCC(N=NC2CCCCC2)CC1.CC(C)(C#N)N=NC(C)(C)C#N. The molecule has 144 valence electrons. The summed E-state index contributed by atoms with van der Waals surface area (Å²) >= 11 is 0. The summed E-state index contributed by atoms with van der Waals surface area (Å²) in [4.78, 5) is 0. The molecular formula is C20H34N6.